The molecule has 1 N–H and O–H groups in total. The Labute approximate surface area is 202 Å². The van der Waals surface area contributed by atoms with Crippen LogP contribution >= 0.6 is 11.6 Å². The van der Waals surface area contributed by atoms with E-state index >= 15 is 0 Å². The SMILES string of the molecule is Cc1cc(NC(=O)c2ccc(C)c(C)c2)n(-c2nc3ccccc3n2Cc2ccc(Cl)cc2)n1. The summed E-state index contributed by atoms with van der Waals surface area (Å²) in [7, 11) is 0. The summed E-state index contributed by atoms with van der Waals surface area (Å²) in [6.07, 6.45) is 0. The number of rotatable bonds is 5. The van der Waals surface area contributed by atoms with Gasteiger partial charge in [0.15, 0.2) is 0 Å². The number of hydrogen-bond donors (Lipinski definition) is 1. The van der Waals surface area contributed by atoms with Crippen molar-refractivity contribution in [1.82, 2.24) is 19.3 Å². The van der Waals surface area contributed by atoms with Gasteiger partial charge in [-0.2, -0.15) is 9.78 Å². The van der Waals surface area contributed by atoms with Crippen LogP contribution in [0.2, 0.25) is 5.02 Å². The lowest BCUT2D eigenvalue weighted by molar-refractivity contribution is 0.102. The Balaban J connectivity index is 1.57. The molecule has 3 aromatic carbocycles. The van der Waals surface area contributed by atoms with Crippen LogP contribution in [0.3, 0.4) is 0 Å². The predicted molar refractivity (Wildman–Crippen MR) is 136 cm³/mol. The Hall–Kier alpha value is -3.90. The van der Waals surface area contributed by atoms with Crippen LogP contribution in [0.25, 0.3) is 17.0 Å². The van der Waals surface area contributed by atoms with E-state index in [0.717, 1.165) is 33.4 Å². The average molecular weight is 470 g/mol. The van der Waals surface area contributed by atoms with Gasteiger partial charge in [-0.15, -0.1) is 0 Å². The lowest BCUT2D eigenvalue weighted by Gasteiger charge is -2.13. The molecule has 5 aromatic rings. The molecule has 0 bridgehead atoms. The van der Waals surface area contributed by atoms with Gasteiger partial charge in [0.1, 0.15) is 5.82 Å². The molecular weight excluding hydrogens is 446 g/mol. The summed E-state index contributed by atoms with van der Waals surface area (Å²) in [6, 6.07) is 23.2. The number of benzene rings is 3. The van der Waals surface area contributed by atoms with Crippen LogP contribution in [0.15, 0.2) is 72.8 Å². The molecule has 0 atom stereocenters. The van der Waals surface area contributed by atoms with Gasteiger partial charge in [0, 0.05) is 16.7 Å². The summed E-state index contributed by atoms with van der Waals surface area (Å²) in [4.78, 5) is 17.9. The van der Waals surface area contributed by atoms with Crippen LogP contribution in [0, 0.1) is 20.8 Å². The Bertz CT molecular complexity index is 1510. The standard InChI is InChI=1S/C27H24ClN5O/c1-17-8-11-21(14-18(17)2)26(34)30-25-15-19(3)31-33(25)27-29-23-6-4-5-7-24(23)32(27)16-20-9-12-22(28)13-10-20/h4-15H,16H2,1-3H3,(H,30,34). The summed E-state index contributed by atoms with van der Waals surface area (Å²) in [5.41, 5.74) is 6.51. The summed E-state index contributed by atoms with van der Waals surface area (Å²) >= 11 is 6.08. The number of halogens is 1. The first-order valence-corrected chi connectivity index (χ1v) is 11.4. The molecule has 0 unspecified atom stereocenters. The van der Waals surface area contributed by atoms with Gasteiger partial charge in [0.25, 0.3) is 5.91 Å². The Kier molecular flexibility index (Phi) is 5.67. The summed E-state index contributed by atoms with van der Waals surface area (Å²) in [5, 5.41) is 8.39. The number of nitrogens with zero attached hydrogens (tertiary/aromatic N) is 4. The fourth-order valence-electron chi connectivity index (χ4n) is 3.96. The van der Waals surface area contributed by atoms with Crippen molar-refractivity contribution in [3.05, 3.63) is 106 Å². The molecule has 7 heteroatoms. The number of aryl methyl sites for hydroxylation is 3. The van der Waals surface area contributed by atoms with Crippen molar-refractivity contribution in [3.63, 3.8) is 0 Å². The van der Waals surface area contributed by atoms with Crippen molar-refractivity contribution >= 4 is 34.4 Å². The van der Waals surface area contributed by atoms with E-state index in [4.69, 9.17) is 16.6 Å². The lowest BCUT2D eigenvalue weighted by Crippen LogP contribution is -2.17. The third-order valence-electron chi connectivity index (χ3n) is 5.92. The molecule has 0 fully saturated rings. The van der Waals surface area contributed by atoms with Crippen LogP contribution in [-0.4, -0.2) is 25.2 Å². The fraction of sp³-hybridized carbons (Fsp3) is 0.148. The van der Waals surface area contributed by atoms with Gasteiger partial charge in [-0.05, 0) is 73.9 Å². The zero-order chi connectivity index (χ0) is 23.8. The molecular formula is C27H24ClN5O. The molecule has 0 saturated carbocycles. The van der Waals surface area contributed by atoms with Crippen molar-refractivity contribution in [1.29, 1.82) is 0 Å². The Morgan fingerprint density at radius 2 is 1.71 bits per heavy atom. The molecule has 0 spiro atoms. The van der Waals surface area contributed by atoms with Gasteiger partial charge in [-0.25, -0.2) is 4.98 Å². The first-order chi connectivity index (χ1) is 16.4. The zero-order valence-electron chi connectivity index (χ0n) is 19.2. The number of anilines is 1. The number of nitrogens with one attached hydrogen (secondary N) is 1. The minimum absolute atomic E-state index is 0.190. The number of hydrogen-bond acceptors (Lipinski definition) is 3. The Morgan fingerprint density at radius 1 is 0.941 bits per heavy atom. The van der Waals surface area contributed by atoms with E-state index in [1.165, 1.54) is 0 Å². The van der Waals surface area contributed by atoms with Crippen LogP contribution in [0.4, 0.5) is 5.82 Å². The quantitative estimate of drug-likeness (QED) is 0.338. The van der Waals surface area contributed by atoms with E-state index in [0.29, 0.717) is 28.9 Å². The molecule has 2 aromatic heterocycles. The number of imidazole rings is 1. The van der Waals surface area contributed by atoms with Gasteiger partial charge in [-0.1, -0.05) is 41.9 Å². The van der Waals surface area contributed by atoms with Crippen molar-refractivity contribution in [2.75, 3.05) is 5.32 Å². The molecule has 0 saturated heterocycles. The predicted octanol–water partition coefficient (Wildman–Crippen LogP) is 6.10. The van der Waals surface area contributed by atoms with E-state index in [1.807, 2.05) is 93.6 Å². The maximum atomic E-state index is 13.1. The molecule has 1 amide bonds. The van der Waals surface area contributed by atoms with Crippen molar-refractivity contribution in [3.8, 4) is 5.95 Å². The largest absolute Gasteiger partial charge is 0.306 e. The van der Waals surface area contributed by atoms with E-state index in [9.17, 15) is 4.79 Å². The number of aromatic nitrogens is 4. The van der Waals surface area contributed by atoms with Crippen LogP contribution in [-0.2, 0) is 6.54 Å². The second-order valence-electron chi connectivity index (χ2n) is 8.45. The second kappa shape index (κ2) is 8.80. The van der Waals surface area contributed by atoms with Gasteiger partial charge in [-0.3, -0.25) is 4.79 Å². The fourth-order valence-corrected chi connectivity index (χ4v) is 4.09. The molecule has 34 heavy (non-hydrogen) atoms. The highest BCUT2D eigenvalue weighted by Gasteiger charge is 2.19. The highest BCUT2D eigenvalue weighted by Crippen LogP contribution is 2.25. The number of fused-ring (bicyclic) bond motifs is 1. The van der Waals surface area contributed by atoms with Crippen LogP contribution in [0.5, 0.6) is 0 Å². The molecule has 170 valence electrons. The minimum Gasteiger partial charge on any atom is -0.306 e. The molecule has 5 rings (SSSR count). The molecule has 6 nitrogen and oxygen atoms in total. The molecule has 2 heterocycles. The van der Waals surface area contributed by atoms with Gasteiger partial charge in [0.05, 0.1) is 23.3 Å². The first-order valence-electron chi connectivity index (χ1n) is 11.0. The van der Waals surface area contributed by atoms with Crippen LogP contribution in [0.1, 0.15) is 32.7 Å². The van der Waals surface area contributed by atoms with Crippen molar-refractivity contribution in [2.24, 2.45) is 0 Å². The number of para-hydroxylation sites is 2. The molecule has 0 aliphatic carbocycles. The van der Waals surface area contributed by atoms with Gasteiger partial charge >= 0.3 is 0 Å². The first kappa shape index (κ1) is 21.9. The number of carbonyl (C=O) groups excluding carboxylic acids is 1. The van der Waals surface area contributed by atoms with E-state index in [2.05, 4.69) is 15.0 Å². The highest BCUT2D eigenvalue weighted by molar-refractivity contribution is 6.30. The number of carbonyl (C=O) groups is 1. The molecule has 0 radical (unpaired) electrons. The third-order valence-corrected chi connectivity index (χ3v) is 6.17. The van der Waals surface area contributed by atoms with Crippen molar-refractivity contribution in [2.45, 2.75) is 27.3 Å². The van der Waals surface area contributed by atoms with Crippen LogP contribution < -0.4 is 5.32 Å². The zero-order valence-corrected chi connectivity index (χ0v) is 20.0. The average Bonchev–Trinajstić information content (AvgIpc) is 3.36. The van der Waals surface area contributed by atoms with Gasteiger partial charge in [0.2, 0.25) is 5.95 Å². The van der Waals surface area contributed by atoms with Gasteiger partial charge < -0.3 is 9.88 Å². The normalized spacial score (nSPS) is 11.2. The topological polar surface area (TPSA) is 64.7 Å². The number of amides is 1. The summed E-state index contributed by atoms with van der Waals surface area (Å²) in [6.45, 7) is 6.51. The van der Waals surface area contributed by atoms with Crippen molar-refractivity contribution < 1.29 is 4.79 Å². The van der Waals surface area contributed by atoms with E-state index < -0.39 is 0 Å². The highest BCUT2D eigenvalue weighted by atomic mass is 35.5. The monoisotopic (exact) mass is 469 g/mol. The minimum atomic E-state index is -0.190. The maximum absolute atomic E-state index is 13.1. The Morgan fingerprint density at radius 3 is 2.47 bits per heavy atom. The van der Waals surface area contributed by atoms with E-state index in [1.54, 1.807) is 4.68 Å². The molecule has 0 aliphatic rings. The summed E-state index contributed by atoms with van der Waals surface area (Å²) < 4.78 is 3.79. The lowest BCUT2D eigenvalue weighted by atomic mass is 10.1. The summed E-state index contributed by atoms with van der Waals surface area (Å²) in [5.74, 6) is 0.998. The third kappa shape index (κ3) is 4.20. The maximum Gasteiger partial charge on any atom is 0.256 e. The molecule has 0 aliphatic heterocycles. The second-order valence-corrected chi connectivity index (χ2v) is 8.89. The smallest absolute Gasteiger partial charge is 0.256 e. The van der Waals surface area contributed by atoms with E-state index in [-0.39, 0.29) is 5.91 Å².